The van der Waals surface area contributed by atoms with Gasteiger partial charge in [-0.15, -0.1) is 0 Å². The maximum Gasteiger partial charge on any atom is 0.127 e. The molecule has 0 saturated heterocycles. The number of hydrogen-bond acceptors (Lipinski definition) is 1. The van der Waals surface area contributed by atoms with Gasteiger partial charge in [-0.25, -0.2) is 0 Å². The Hall–Kier alpha value is -1.50. The fourth-order valence-corrected chi connectivity index (χ4v) is 1.53. The van der Waals surface area contributed by atoms with Crippen molar-refractivity contribution in [1.82, 2.24) is 0 Å². The first-order valence-electron chi connectivity index (χ1n) is 4.44. The molecule has 0 N–H and O–H groups in total. The highest BCUT2D eigenvalue weighted by atomic mass is 16.5. The Morgan fingerprint density at radius 1 is 1.46 bits per heavy atom. The van der Waals surface area contributed by atoms with E-state index in [2.05, 4.69) is 24.8 Å². The van der Waals surface area contributed by atoms with Crippen LogP contribution in [0.2, 0.25) is 0 Å². The maximum absolute atomic E-state index is 5.53. The van der Waals surface area contributed by atoms with Gasteiger partial charge < -0.3 is 4.74 Å². The van der Waals surface area contributed by atoms with E-state index in [0.717, 1.165) is 12.2 Å². The van der Waals surface area contributed by atoms with Gasteiger partial charge in [-0.05, 0) is 18.1 Å². The van der Waals surface area contributed by atoms with Gasteiger partial charge in [-0.2, -0.15) is 0 Å². The highest BCUT2D eigenvalue weighted by molar-refractivity contribution is 5.66. The van der Waals surface area contributed by atoms with E-state index in [1.807, 2.05) is 12.1 Å². The van der Waals surface area contributed by atoms with Crippen LogP contribution in [0.1, 0.15) is 11.1 Å². The van der Waals surface area contributed by atoms with E-state index >= 15 is 0 Å². The van der Waals surface area contributed by atoms with E-state index in [0.29, 0.717) is 6.61 Å². The molecule has 0 radical (unpaired) electrons. The summed E-state index contributed by atoms with van der Waals surface area (Å²) >= 11 is 0. The van der Waals surface area contributed by atoms with Crippen LogP contribution < -0.4 is 4.74 Å². The minimum Gasteiger partial charge on any atom is -0.489 e. The zero-order chi connectivity index (χ0) is 9.10. The number of rotatable bonds is 3. The summed E-state index contributed by atoms with van der Waals surface area (Å²) in [6, 6.07) is 6.17. The van der Waals surface area contributed by atoms with Gasteiger partial charge in [0.1, 0.15) is 12.4 Å². The van der Waals surface area contributed by atoms with E-state index in [9.17, 15) is 0 Å². The minimum absolute atomic E-state index is 0.574. The van der Waals surface area contributed by atoms with E-state index in [4.69, 9.17) is 4.74 Å². The summed E-state index contributed by atoms with van der Waals surface area (Å²) in [4.78, 5) is 0. The Kier molecular flexibility index (Phi) is 2.17. The standard InChI is InChI=1S/C12H12O/c1-2-9-13-12-8-4-6-10-5-3-7-11(10)12/h2-4,6-8H,1,5,9H2. The van der Waals surface area contributed by atoms with E-state index < -0.39 is 0 Å². The molecule has 66 valence electrons. The molecule has 0 bridgehead atoms. The quantitative estimate of drug-likeness (QED) is 0.637. The molecule has 0 heterocycles. The molecular formula is C12H12O. The van der Waals surface area contributed by atoms with Gasteiger partial charge in [0.05, 0.1) is 0 Å². The van der Waals surface area contributed by atoms with Gasteiger partial charge in [0, 0.05) is 5.56 Å². The smallest absolute Gasteiger partial charge is 0.127 e. The molecule has 0 saturated carbocycles. The van der Waals surface area contributed by atoms with Crippen LogP contribution in [0.4, 0.5) is 0 Å². The average molecular weight is 172 g/mol. The fourth-order valence-electron chi connectivity index (χ4n) is 1.53. The van der Waals surface area contributed by atoms with Crippen molar-refractivity contribution in [3.8, 4) is 5.75 Å². The number of ether oxygens (including phenoxy) is 1. The first kappa shape index (κ1) is 8.11. The predicted molar refractivity (Wildman–Crippen MR) is 54.9 cm³/mol. The molecule has 0 aromatic heterocycles. The summed E-state index contributed by atoms with van der Waals surface area (Å²) in [5, 5.41) is 0. The predicted octanol–water partition coefficient (Wildman–Crippen LogP) is 2.82. The molecule has 1 aliphatic carbocycles. The number of hydrogen-bond donors (Lipinski definition) is 0. The highest BCUT2D eigenvalue weighted by Crippen LogP contribution is 2.28. The maximum atomic E-state index is 5.53. The van der Waals surface area contributed by atoms with Crippen LogP contribution in [-0.2, 0) is 6.42 Å². The van der Waals surface area contributed by atoms with Gasteiger partial charge in [0.15, 0.2) is 0 Å². The summed E-state index contributed by atoms with van der Waals surface area (Å²) in [6.07, 6.45) is 7.07. The Morgan fingerprint density at radius 3 is 3.23 bits per heavy atom. The van der Waals surface area contributed by atoms with E-state index in [1.165, 1.54) is 11.1 Å². The number of allylic oxidation sites excluding steroid dienone is 1. The van der Waals surface area contributed by atoms with Gasteiger partial charge in [-0.1, -0.05) is 36.9 Å². The van der Waals surface area contributed by atoms with Crippen molar-refractivity contribution >= 4 is 6.08 Å². The molecule has 1 heteroatoms. The second-order valence-corrected chi connectivity index (χ2v) is 3.04. The van der Waals surface area contributed by atoms with Gasteiger partial charge >= 0.3 is 0 Å². The molecule has 0 aliphatic heterocycles. The monoisotopic (exact) mass is 172 g/mol. The molecular weight excluding hydrogens is 160 g/mol. The third-order valence-electron chi connectivity index (χ3n) is 2.14. The van der Waals surface area contributed by atoms with Crippen LogP contribution in [0.25, 0.3) is 6.08 Å². The van der Waals surface area contributed by atoms with Crippen molar-refractivity contribution < 1.29 is 4.74 Å². The Bertz CT molecular complexity index is 350. The van der Waals surface area contributed by atoms with Crippen molar-refractivity contribution in [3.63, 3.8) is 0 Å². The summed E-state index contributed by atoms with van der Waals surface area (Å²) in [7, 11) is 0. The average Bonchev–Trinajstić information content (AvgIpc) is 2.62. The second kappa shape index (κ2) is 3.48. The lowest BCUT2D eigenvalue weighted by molar-refractivity contribution is 0.362. The summed E-state index contributed by atoms with van der Waals surface area (Å²) in [5.41, 5.74) is 2.57. The van der Waals surface area contributed by atoms with Crippen molar-refractivity contribution in [1.29, 1.82) is 0 Å². The summed E-state index contributed by atoms with van der Waals surface area (Å²) in [6.45, 7) is 4.20. The molecule has 0 spiro atoms. The molecule has 0 fully saturated rings. The zero-order valence-electron chi connectivity index (χ0n) is 7.49. The molecule has 1 nitrogen and oxygen atoms in total. The first-order valence-corrected chi connectivity index (χ1v) is 4.44. The van der Waals surface area contributed by atoms with Crippen molar-refractivity contribution in [3.05, 3.63) is 48.1 Å². The van der Waals surface area contributed by atoms with E-state index in [-0.39, 0.29) is 0 Å². The fraction of sp³-hybridized carbons (Fsp3) is 0.167. The third-order valence-corrected chi connectivity index (χ3v) is 2.14. The lowest BCUT2D eigenvalue weighted by Gasteiger charge is -2.07. The van der Waals surface area contributed by atoms with Gasteiger partial charge in [0.25, 0.3) is 0 Å². The minimum atomic E-state index is 0.574. The van der Waals surface area contributed by atoms with Gasteiger partial charge in [-0.3, -0.25) is 0 Å². The second-order valence-electron chi connectivity index (χ2n) is 3.04. The number of benzene rings is 1. The molecule has 0 amide bonds. The molecule has 0 atom stereocenters. The molecule has 13 heavy (non-hydrogen) atoms. The number of fused-ring (bicyclic) bond motifs is 1. The highest BCUT2D eigenvalue weighted by Gasteiger charge is 2.09. The Labute approximate surface area is 78.3 Å². The first-order chi connectivity index (χ1) is 6.42. The SMILES string of the molecule is C=CCOc1cccc2c1C=CC2. The molecule has 1 aromatic rings. The van der Waals surface area contributed by atoms with Crippen molar-refractivity contribution in [2.24, 2.45) is 0 Å². The Balaban J connectivity index is 2.29. The van der Waals surface area contributed by atoms with E-state index in [1.54, 1.807) is 6.08 Å². The van der Waals surface area contributed by atoms with Crippen LogP contribution in [0.5, 0.6) is 5.75 Å². The van der Waals surface area contributed by atoms with Crippen LogP contribution in [-0.4, -0.2) is 6.61 Å². The Morgan fingerprint density at radius 2 is 2.38 bits per heavy atom. The third kappa shape index (κ3) is 1.50. The van der Waals surface area contributed by atoms with Gasteiger partial charge in [0.2, 0.25) is 0 Å². The summed E-state index contributed by atoms with van der Waals surface area (Å²) < 4.78 is 5.53. The lowest BCUT2D eigenvalue weighted by Crippen LogP contribution is -1.95. The van der Waals surface area contributed by atoms with Crippen LogP contribution in [0.15, 0.2) is 36.9 Å². The largest absolute Gasteiger partial charge is 0.489 e. The normalized spacial score (nSPS) is 12.6. The topological polar surface area (TPSA) is 9.23 Å². The zero-order valence-corrected chi connectivity index (χ0v) is 7.49. The molecule has 2 rings (SSSR count). The van der Waals surface area contributed by atoms with Crippen molar-refractivity contribution in [2.45, 2.75) is 6.42 Å². The van der Waals surface area contributed by atoms with Crippen LogP contribution >= 0.6 is 0 Å². The van der Waals surface area contributed by atoms with Crippen molar-refractivity contribution in [2.75, 3.05) is 6.61 Å². The molecule has 1 aliphatic rings. The lowest BCUT2D eigenvalue weighted by atomic mass is 10.1. The van der Waals surface area contributed by atoms with Crippen LogP contribution in [0.3, 0.4) is 0 Å². The molecule has 1 aromatic carbocycles. The molecule has 0 unspecified atom stereocenters. The summed E-state index contributed by atoms with van der Waals surface area (Å²) in [5.74, 6) is 0.964. The van der Waals surface area contributed by atoms with Crippen LogP contribution in [0, 0.1) is 0 Å².